The molecule has 0 unspecified atom stereocenters. The number of aromatic nitrogens is 1. The van der Waals surface area contributed by atoms with Crippen LogP contribution in [0.3, 0.4) is 0 Å². The van der Waals surface area contributed by atoms with E-state index in [4.69, 9.17) is 4.74 Å². The Bertz CT molecular complexity index is 454. The summed E-state index contributed by atoms with van der Waals surface area (Å²) < 4.78 is 5.87. The highest BCUT2D eigenvalue weighted by molar-refractivity contribution is 5.98. The molecule has 1 fully saturated rings. The largest absolute Gasteiger partial charge is 0.486 e. The van der Waals surface area contributed by atoms with Gasteiger partial charge in [-0.3, -0.25) is 4.79 Å². The number of hydrogen-bond acceptors (Lipinski definition) is 4. The van der Waals surface area contributed by atoms with Gasteiger partial charge in [0.15, 0.2) is 11.6 Å². The van der Waals surface area contributed by atoms with Gasteiger partial charge >= 0.3 is 0 Å². The van der Waals surface area contributed by atoms with E-state index in [1.54, 1.807) is 31.3 Å². The van der Waals surface area contributed by atoms with Crippen LogP contribution in [-0.2, 0) is 0 Å². The van der Waals surface area contributed by atoms with Crippen molar-refractivity contribution < 1.29 is 9.53 Å². The van der Waals surface area contributed by atoms with Crippen LogP contribution >= 0.6 is 0 Å². The lowest BCUT2D eigenvalue weighted by atomic mass is 10.2. The third kappa shape index (κ3) is 2.55. The fraction of sp³-hybridized carbons (Fsp3) is 0.538. The van der Waals surface area contributed by atoms with E-state index in [2.05, 4.69) is 4.98 Å². The van der Waals surface area contributed by atoms with Crippen molar-refractivity contribution in [2.75, 3.05) is 33.1 Å². The van der Waals surface area contributed by atoms with E-state index < -0.39 is 0 Å². The number of carbonyl (C=O) groups excluding carboxylic acids is 1. The van der Waals surface area contributed by atoms with Crippen LogP contribution in [-0.4, -0.2) is 50.1 Å². The number of nitrogens with zero attached hydrogens (tertiary/aromatic N) is 3. The molecule has 5 nitrogen and oxygen atoms in total. The Morgan fingerprint density at radius 1 is 1.33 bits per heavy atom. The van der Waals surface area contributed by atoms with E-state index >= 15 is 0 Å². The van der Waals surface area contributed by atoms with Crippen molar-refractivity contribution in [2.24, 2.45) is 0 Å². The first-order valence-corrected chi connectivity index (χ1v) is 6.05. The highest BCUT2D eigenvalue weighted by Gasteiger charge is 2.28. The number of hydrogen-bond donors (Lipinski definition) is 0. The van der Waals surface area contributed by atoms with Gasteiger partial charge in [-0.2, -0.15) is 0 Å². The highest BCUT2D eigenvalue weighted by atomic mass is 16.5. The van der Waals surface area contributed by atoms with Gasteiger partial charge in [0.05, 0.1) is 11.7 Å². The third-order valence-electron chi connectivity index (χ3n) is 2.75. The predicted octanol–water partition coefficient (Wildman–Crippen LogP) is 1.39. The first-order chi connectivity index (χ1) is 8.50. The molecular formula is C13H19N3O2. The van der Waals surface area contributed by atoms with E-state index in [-0.39, 0.29) is 12.0 Å². The van der Waals surface area contributed by atoms with Gasteiger partial charge in [-0.05, 0) is 18.9 Å². The van der Waals surface area contributed by atoms with Crippen molar-refractivity contribution in [3.63, 3.8) is 0 Å². The van der Waals surface area contributed by atoms with E-state index in [0.29, 0.717) is 17.1 Å². The Morgan fingerprint density at radius 2 is 2.00 bits per heavy atom. The molecule has 1 amide bonds. The lowest BCUT2D eigenvalue weighted by Gasteiger charge is -2.20. The molecule has 98 valence electrons. The fourth-order valence-electron chi connectivity index (χ4n) is 1.63. The number of carbonyl (C=O) groups is 1. The van der Waals surface area contributed by atoms with Gasteiger partial charge in [-0.1, -0.05) is 0 Å². The second-order valence-corrected chi connectivity index (χ2v) is 4.92. The van der Waals surface area contributed by atoms with Crippen molar-refractivity contribution in [3.8, 4) is 5.75 Å². The Balaban J connectivity index is 2.42. The van der Waals surface area contributed by atoms with Gasteiger partial charge in [-0.25, -0.2) is 4.98 Å². The first kappa shape index (κ1) is 12.7. The van der Waals surface area contributed by atoms with Gasteiger partial charge < -0.3 is 14.5 Å². The van der Waals surface area contributed by atoms with E-state index in [1.807, 2.05) is 19.0 Å². The summed E-state index contributed by atoms with van der Waals surface area (Å²) in [5, 5.41) is 0. The van der Waals surface area contributed by atoms with Gasteiger partial charge in [0.1, 0.15) is 0 Å². The zero-order valence-corrected chi connectivity index (χ0v) is 11.3. The molecular weight excluding hydrogens is 230 g/mol. The summed E-state index contributed by atoms with van der Waals surface area (Å²) in [6.45, 7) is 0. The van der Waals surface area contributed by atoms with Crippen LogP contribution in [0.5, 0.6) is 5.75 Å². The third-order valence-corrected chi connectivity index (χ3v) is 2.75. The minimum Gasteiger partial charge on any atom is -0.486 e. The van der Waals surface area contributed by atoms with Gasteiger partial charge in [0, 0.05) is 34.4 Å². The van der Waals surface area contributed by atoms with Crippen molar-refractivity contribution >= 4 is 11.7 Å². The number of rotatable bonds is 4. The quantitative estimate of drug-likeness (QED) is 0.809. The van der Waals surface area contributed by atoms with Gasteiger partial charge in [0.2, 0.25) is 0 Å². The summed E-state index contributed by atoms with van der Waals surface area (Å²) >= 11 is 0. The van der Waals surface area contributed by atoms with E-state index in [9.17, 15) is 4.79 Å². The molecule has 1 aromatic rings. The molecule has 0 N–H and O–H groups in total. The predicted molar refractivity (Wildman–Crippen MR) is 70.2 cm³/mol. The number of amides is 1. The van der Waals surface area contributed by atoms with Crippen LogP contribution < -0.4 is 9.64 Å². The fourth-order valence-corrected chi connectivity index (χ4v) is 1.63. The van der Waals surface area contributed by atoms with Crippen LogP contribution in [0, 0.1) is 0 Å². The monoisotopic (exact) mass is 249 g/mol. The summed E-state index contributed by atoms with van der Waals surface area (Å²) in [6, 6.07) is 1.72. The molecule has 0 saturated heterocycles. The van der Waals surface area contributed by atoms with Crippen LogP contribution in [0.15, 0.2) is 12.3 Å². The van der Waals surface area contributed by atoms with Crippen molar-refractivity contribution in [1.82, 2.24) is 9.88 Å². The lowest BCUT2D eigenvalue weighted by molar-refractivity contribution is 0.0822. The smallest absolute Gasteiger partial charge is 0.257 e. The van der Waals surface area contributed by atoms with Gasteiger partial charge in [0.25, 0.3) is 5.91 Å². The zero-order valence-electron chi connectivity index (χ0n) is 11.3. The molecule has 1 saturated carbocycles. The maximum atomic E-state index is 12.1. The molecule has 2 rings (SSSR count). The van der Waals surface area contributed by atoms with Gasteiger partial charge in [-0.15, -0.1) is 0 Å². The van der Waals surface area contributed by atoms with Crippen LogP contribution in [0.4, 0.5) is 5.82 Å². The molecule has 0 aromatic carbocycles. The maximum absolute atomic E-state index is 12.1. The summed E-state index contributed by atoms with van der Waals surface area (Å²) in [7, 11) is 7.26. The molecule has 0 bridgehead atoms. The van der Waals surface area contributed by atoms with Crippen molar-refractivity contribution in [1.29, 1.82) is 0 Å². The number of anilines is 1. The molecule has 1 aliphatic carbocycles. The average molecular weight is 249 g/mol. The SMILES string of the molecule is CN(C)C(=O)c1ccnc(N(C)C)c1OC1CC1. The molecule has 0 spiro atoms. The van der Waals surface area contributed by atoms with Crippen LogP contribution in [0.25, 0.3) is 0 Å². The summed E-state index contributed by atoms with van der Waals surface area (Å²) in [6.07, 6.45) is 3.99. The van der Waals surface area contributed by atoms with Crippen LogP contribution in [0.2, 0.25) is 0 Å². The Morgan fingerprint density at radius 3 is 2.50 bits per heavy atom. The van der Waals surface area contributed by atoms with Crippen molar-refractivity contribution in [3.05, 3.63) is 17.8 Å². The average Bonchev–Trinajstić information content (AvgIpc) is 3.11. The Labute approximate surface area is 107 Å². The number of ether oxygens (including phenoxy) is 1. The summed E-state index contributed by atoms with van der Waals surface area (Å²) in [4.78, 5) is 19.8. The second-order valence-electron chi connectivity index (χ2n) is 4.92. The van der Waals surface area contributed by atoms with Crippen LogP contribution in [0.1, 0.15) is 23.2 Å². The highest BCUT2D eigenvalue weighted by Crippen LogP contribution is 2.35. The normalized spacial score (nSPS) is 14.2. The molecule has 1 aliphatic rings. The minimum atomic E-state index is -0.0591. The Hall–Kier alpha value is -1.78. The maximum Gasteiger partial charge on any atom is 0.257 e. The van der Waals surface area contributed by atoms with Crippen molar-refractivity contribution in [2.45, 2.75) is 18.9 Å². The zero-order chi connectivity index (χ0) is 13.3. The molecule has 18 heavy (non-hydrogen) atoms. The summed E-state index contributed by atoms with van der Waals surface area (Å²) in [5.74, 6) is 1.24. The molecule has 0 atom stereocenters. The minimum absolute atomic E-state index is 0.0591. The molecule has 5 heteroatoms. The molecule has 0 radical (unpaired) electrons. The Kier molecular flexibility index (Phi) is 3.41. The number of pyridine rings is 1. The standard InChI is InChI=1S/C13H19N3O2/c1-15(2)12-11(18-9-5-6-9)10(7-8-14-12)13(17)16(3)4/h7-9H,5-6H2,1-4H3. The second kappa shape index (κ2) is 4.84. The van der Waals surface area contributed by atoms with E-state index in [0.717, 1.165) is 12.8 Å². The lowest BCUT2D eigenvalue weighted by Crippen LogP contribution is -2.24. The summed E-state index contributed by atoms with van der Waals surface area (Å²) in [5.41, 5.74) is 0.575. The molecule has 1 heterocycles. The first-order valence-electron chi connectivity index (χ1n) is 6.05. The molecule has 0 aliphatic heterocycles. The molecule has 1 aromatic heterocycles. The van der Waals surface area contributed by atoms with E-state index in [1.165, 1.54) is 0 Å². The topological polar surface area (TPSA) is 45.7 Å².